The minimum atomic E-state index is -1.17. The average Bonchev–Trinajstić information content (AvgIpc) is 3.40. The third-order valence-corrected chi connectivity index (χ3v) is 17.1. The highest BCUT2D eigenvalue weighted by atomic mass is 35.5. The Morgan fingerprint density at radius 1 is 0.945 bits per heavy atom. The van der Waals surface area contributed by atoms with Gasteiger partial charge in [-0.1, -0.05) is 72.2 Å². The number of hydrogen-bond donors (Lipinski definition) is 1. The van der Waals surface area contributed by atoms with Gasteiger partial charge in [0.25, 0.3) is 0 Å². The number of halogens is 1. The number of carbonyl (C=O) groups is 4. The molecule has 55 heavy (non-hydrogen) atoms. The first kappa shape index (κ1) is 40.5. The number of ketones is 1. The van der Waals surface area contributed by atoms with Crippen LogP contribution in [0, 0.1) is 56.2 Å². The van der Waals surface area contributed by atoms with Crippen LogP contribution in [-0.4, -0.2) is 59.0 Å². The average molecular weight is 778 g/mol. The van der Waals surface area contributed by atoms with Gasteiger partial charge in [0, 0.05) is 35.4 Å². The molecule has 1 saturated heterocycles. The zero-order chi connectivity index (χ0) is 40.1. The number of ether oxygens (including phenoxy) is 2. The molecule has 1 N–H and O–H groups in total. The molecule has 1 aliphatic heterocycles. The molecule has 0 bridgehead atoms. The van der Waals surface area contributed by atoms with Crippen molar-refractivity contribution in [2.24, 2.45) is 56.2 Å². The number of esters is 2. The van der Waals surface area contributed by atoms with E-state index in [9.17, 15) is 24.3 Å². The summed E-state index contributed by atoms with van der Waals surface area (Å²) in [5.74, 6) is -0.244. The quantitative estimate of drug-likeness (QED) is 0.260. The molecule has 0 spiro atoms. The maximum Gasteiger partial charge on any atom is 0.320 e. The number of cyclic esters (lactones) is 1. The van der Waals surface area contributed by atoms with Crippen LogP contribution in [0.5, 0.6) is 0 Å². The molecule has 8 nitrogen and oxygen atoms in total. The van der Waals surface area contributed by atoms with Crippen molar-refractivity contribution in [2.45, 2.75) is 145 Å². The Morgan fingerprint density at radius 3 is 2.29 bits per heavy atom. The van der Waals surface area contributed by atoms with Crippen LogP contribution in [0.25, 0.3) is 0 Å². The fourth-order valence-corrected chi connectivity index (χ4v) is 14.0. The Hall–Kier alpha value is -2.71. The molecule has 6 aliphatic rings. The summed E-state index contributed by atoms with van der Waals surface area (Å²) in [5, 5.41) is 10.3. The number of carbonyl (C=O) groups excluding carboxylic acids is 3. The summed E-state index contributed by atoms with van der Waals surface area (Å²) in [4.78, 5) is 54.8. The van der Waals surface area contributed by atoms with Gasteiger partial charge >= 0.3 is 17.9 Å². The zero-order valence-electron chi connectivity index (χ0n) is 34.7. The predicted octanol–water partition coefficient (Wildman–Crippen LogP) is 9.46. The fraction of sp³-hybridized carbons (Fsp3) is 0.739. The first-order chi connectivity index (χ1) is 25.6. The first-order valence-corrected chi connectivity index (χ1v) is 21.3. The van der Waals surface area contributed by atoms with Gasteiger partial charge in [-0.05, 0) is 134 Å². The summed E-state index contributed by atoms with van der Waals surface area (Å²) in [6.45, 7) is 21.1. The van der Waals surface area contributed by atoms with Crippen LogP contribution in [0.3, 0.4) is 0 Å². The molecule has 1 unspecified atom stereocenters. The number of benzene rings is 1. The number of carboxylic acids is 1. The van der Waals surface area contributed by atoms with Crippen LogP contribution in [0.15, 0.2) is 35.4 Å². The molecule has 302 valence electrons. The lowest BCUT2D eigenvalue weighted by molar-refractivity contribution is -0.236. The number of carboxylic acid groups (broad SMARTS) is 1. The SMILES string of the molecule is CC(C)C1=C2[C@H]3CCC4[C@@]5(C)CC[C@H](OC(=O)CC(C)(C)C(=O)O)C(C)(C)[C@@H]5CC[C@@]4(C)[C@]3(C)CC[C@@]2([C@H]2CN(Cc3ccc(Cl)cc3)CC(=O)O2)CC1=O. The van der Waals surface area contributed by atoms with Gasteiger partial charge in [-0.25, -0.2) is 0 Å². The first-order valence-electron chi connectivity index (χ1n) is 21.0. The Kier molecular flexibility index (Phi) is 10.1. The Labute approximate surface area is 333 Å². The van der Waals surface area contributed by atoms with Crippen molar-refractivity contribution >= 4 is 35.3 Å². The maximum atomic E-state index is 14.3. The van der Waals surface area contributed by atoms with Crippen molar-refractivity contribution < 1.29 is 33.8 Å². The van der Waals surface area contributed by atoms with E-state index in [-0.39, 0.29) is 70.4 Å². The van der Waals surface area contributed by atoms with Gasteiger partial charge in [0.1, 0.15) is 12.2 Å². The molecule has 1 aromatic carbocycles. The van der Waals surface area contributed by atoms with E-state index in [4.69, 9.17) is 21.1 Å². The second kappa shape index (κ2) is 13.7. The minimum absolute atomic E-state index is 0.0308. The number of nitrogens with zero attached hydrogens (tertiary/aromatic N) is 1. The molecule has 1 aromatic rings. The lowest BCUT2D eigenvalue weighted by Gasteiger charge is -2.72. The highest BCUT2D eigenvalue weighted by Crippen LogP contribution is 2.77. The number of aliphatic carboxylic acids is 1. The zero-order valence-corrected chi connectivity index (χ0v) is 35.4. The highest BCUT2D eigenvalue weighted by molar-refractivity contribution is 6.30. The molecule has 5 aliphatic carbocycles. The second-order valence-corrected chi connectivity index (χ2v) is 21.3. The van der Waals surface area contributed by atoms with E-state index in [1.165, 1.54) is 5.57 Å². The summed E-state index contributed by atoms with van der Waals surface area (Å²) >= 11 is 6.18. The number of morpholine rings is 1. The summed E-state index contributed by atoms with van der Waals surface area (Å²) in [6, 6.07) is 7.81. The lowest BCUT2D eigenvalue weighted by atomic mass is 9.33. The monoisotopic (exact) mass is 777 g/mol. The molecule has 5 fully saturated rings. The molecule has 0 amide bonds. The smallest absolute Gasteiger partial charge is 0.320 e. The lowest BCUT2D eigenvalue weighted by Crippen LogP contribution is -2.66. The van der Waals surface area contributed by atoms with E-state index in [0.717, 1.165) is 62.5 Å². The van der Waals surface area contributed by atoms with E-state index in [1.807, 2.05) is 24.3 Å². The van der Waals surface area contributed by atoms with Gasteiger partial charge in [0.15, 0.2) is 5.78 Å². The number of rotatable bonds is 8. The maximum absolute atomic E-state index is 14.3. The van der Waals surface area contributed by atoms with Gasteiger partial charge < -0.3 is 14.6 Å². The minimum Gasteiger partial charge on any atom is -0.481 e. The van der Waals surface area contributed by atoms with Crippen LogP contribution in [-0.2, 0) is 35.2 Å². The van der Waals surface area contributed by atoms with Crippen LogP contribution in [0.2, 0.25) is 5.02 Å². The van der Waals surface area contributed by atoms with Crippen LogP contribution >= 0.6 is 11.6 Å². The van der Waals surface area contributed by atoms with E-state index in [2.05, 4.69) is 53.4 Å². The summed E-state index contributed by atoms with van der Waals surface area (Å²) in [6.07, 6.45) is 7.40. The Morgan fingerprint density at radius 2 is 1.64 bits per heavy atom. The molecule has 0 radical (unpaired) electrons. The molecule has 4 saturated carbocycles. The highest BCUT2D eigenvalue weighted by Gasteiger charge is 2.71. The molecule has 7 rings (SSSR count). The normalized spacial score (nSPS) is 38.8. The summed E-state index contributed by atoms with van der Waals surface area (Å²) < 4.78 is 12.6. The number of hydrogen-bond acceptors (Lipinski definition) is 7. The van der Waals surface area contributed by atoms with E-state index in [0.29, 0.717) is 36.4 Å². The Balaban J connectivity index is 1.18. The van der Waals surface area contributed by atoms with Gasteiger partial charge in [-0.3, -0.25) is 24.1 Å². The van der Waals surface area contributed by atoms with Crippen LogP contribution in [0.1, 0.15) is 132 Å². The van der Waals surface area contributed by atoms with Crippen LogP contribution < -0.4 is 0 Å². The van der Waals surface area contributed by atoms with Crippen molar-refractivity contribution in [1.82, 2.24) is 4.90 Å². The van der Waals surface area contributed by atoms with Crippen LogP contribution in [0.4, 0.5) is 0 Å². The standard InChI is InChI=1S/C46H64ClNO7/c1-27(2)38-31(49)22-46(35-25-48(26-37(51)55-35)24-28-10-12-29(47)13-11-28)21-20-44(8)30(39(38)46)14-15-33-43(7)18-17-34(54-36(50)23-41(3,4)40(52)53)42(5,6)32(43)16-19-45(33,44)9/h10-13,27,30,32-35H,14-26H2,1-9H3,(H,52,53)/t30-,32+,33?,34+,35-,43+,44-,45-,46+/m1/s1. The van der Waals surface area contributed by atoms with Gasteiger partial charge in [-0.2, -0.15) is 0 Å². The summed E-state index contributed by atoms with van der Waals surface area (Å²) in [5.41, 5.74) is 1.53. The number of allylic oxidation sites excluding steroid dienone is 1. The molecule has 9 heteroatoms. The number of Topliss-reactive ketones (excluding diaryl/α,β-unsaturated/α-hetero) is 1. The molecule has 9 atom stereocenters. The number of fused-ring (bicyclic) bond motifs is 7. The predicted molar refractivity (Wildman–Crippen MR) is 212 cm³/mol. The topological polar surface area (TPSA) is 110 Å². The van der Waals surface area contributed by atoms with E-state index in [1.54, 1.807) is 13.8 Å². The van der Waals surface area contributed by atoms with E-state index < -0.39 is 22.8 Å². The van der Waals surface area contributed by atoms with Gasteiger partial charge in [-0.15, -0.1) is 0 Å². The third kappa shape index (κ3) is 6.33. The van der Waals surface area contributed by atoms with Crippen molar-refractivity contribution in [2.75, 3.05) is 13.1 Å². The Bertz CT molecular complexity index is 1780. The molecule has 0 aromatic heterocycles. The molecular weight excluding hydrogens is 714 g/mol. The molecule has 1 heterocycles. The largest absolute Gasteiger partial charge is 0.481 e. The van der Waals surface area contributed by atoms with Crippen molar-refractivity contribution in [3.63, 3.8) is 0 Å². The van der Waals surface area contributed by atoms with E-state index >= 15 is 0 Å². The fourth-order valence-electron chi connectivity index (χ4n) is 13.9. The van der Waals surface area contributed by atoms with Gasteiger partial charge in [0.2, 0.25) is 0 Å². The van der Waals surface area contributed by atoms with Crippen molar-refractivity contribution in [3.05, 3.63) is 46.0 Å². The van der Waals surface area contributed by atoms with Crippen molar-refractivity contribution in [3.8, 4) is 0 Å². The third-order valence-electron chi connectivity index (χ3n) is 16.8. The molecular formula is C46H64ClNO7. The summed E-state index contributed by atoms with van der Waals surface area (Å²) in [7, 11) is 0. The van der Waals surface area contributed by atoms with Crippen molar-refractivity contribution in [1.29, 1.82) is 0 Å². The van der Waals surface area contributed by atoms with Gasteiger partial charge in [0.05, 0.1) is 18.4 Å². The second-order valence-electron chi connectivity index (χ2n) is 20.8.